The van der Waals surface area contributed by atoms with Gasteiger partial charge in [0.2, 0.25) is 0 Å². The van der Waals surface area contributed by atoms with Crippen molar-refractivity contribution in [3.63, 3.8) is 0 Å². The fraction of sp³-hybridized carbons (Fsp3) is 0.667. The molecule has 1 saturated heterocycles. The molecule has 1 aliphatic rings. The van der Waals surface area contributed by atoms with Gasteiger partial charge in [-0.25, -0.2) is 0 Å². The molecule has 1 fully saturated rings. The maximum atomic E-state index is 12.3. The SMILES string of the molecule is Cc1cccc(CN2CCCC(CC(C)NCC(F)(F)F)C2)c1. The monoisotopic (exact) mass is 328 g/mol. The van der Waals surface area contributed by atoms with E-state index in [0.717, 1.165) is 38.9 Å². The molecule has 2 atom stereocenters. The number of piperidine rings is 1. The van der Waals surface area contributed by atoms with Gasteiger partial charge in [-0.1, -0.05) is 29.8 Å². The molecule has 1 heterocycles. The van der Waals surface area contributed by atoms with Gasteiger partial charge in [0.25, 0.3) is 0 Å². The number of benzene rings is 1. The van der Waals surface area contributed by atoms with Crippen LogP contribution in [-0.2, 0) is 6.54 Å². The average molecular weight is 328 g/mol. The summed E-state index contributed by atoms with van der Waals surface area (Å²) in [6.07, 6.45) is -1.08. The first-order chi connectivity index (χ1) is 10.8. The van der Waals surface area contributed by atoms with Crippen LogP contribution >= 0.6 is 0 Å². The molecule has 1 aromatic rings. The van der Waals surface area contributed by atoms with E-state index in [0.29, 0.717) is 5.92 Å². The summed E-state index contributed by atoms with van der Waals surface area (Å²) in [6.45, 7) is 6.04. The van der Waals surface area contributed by atoms with Crippen molar-refractivity contribution < 1.29 is 13.2 Å². The lowest BCUT2D eigenvalue weighted by Gasteiger charge is -2.34. The van der Waals surface area contributed by atoms with Crippen LogP contribution < -0.4 is 5.32 Å². The lowest BCUT2D eigenvalue weighted by molar-refractivity contribution is -0.126. The van der Waals surface area contributed by atoms with Crippen molar-refractivity contribution in [2.24, 2.45) is 5.92 Å². The minimum Gasteiger partial charge on any atom is -0.306 e. The number of halogens is 3. The Kier molecular flexibility index (Phi) is 6.48. The third-order valence-electron chi connectivity index (χ3n) is 4.43. The van der Waals surface area contributed by atoms with E-state index in [1.807, 2.05) is 6.92 Å². The number of aryl methyl sites for hydroxylation is 1. The second-order valence-electron chi connectivity index (χ2n) is 6.87. The molecule has 0 saturated carbocycles. The van der Waals surface area contributed by atoms with E-state index in [1.165, 1.54) is 11.1 Å². The predicted molar refractivity (Wildman–Crippen MR) is 87.3 cm³/mol. The standard InChI is InChI=1S/C18H27F3N2/c1-14-5-3-6-16(9-14)11-23-8-4-7-17(12-23)10-15(2)22-13-18(19,20)21/h3,5-6,9,15,17,22H,4,7-8,10-13H2,1-2H3. The third kappa shape index (κ3) is 6.92. The molecule has 2 unspecified atom stereocenters. The van der Waals surface area contributed by atoms with Gasteiger partial charge in [-0.3, -0.25) is 4.90 Å². The van der Waals surface area contributed by atoms with Crippen LogP contribution in [-0.4, -0.2) is 36.8 Å². The maximum absolute atomic E-state index is 12.3. The normalized spacial score (nSPS) is 21.3. The van der Waals surface area contributed by atoms with E-state index in [-0.39, 0.29) is 6.04 Å². The Labute approximate surface area is 137 Å². The number of alkyl halides is 3. The molecule has 0 radical (unpaired) electrons. The minimum absolute atomic E-state index is 0.0967. The third-order valence-corrected chi connectivity index (χ3v) is 4.43. The van der Waals surface area contributed by atoms with Crippen LogP contribution in [0.3, 0.4) is 0 Å². The molecule has 2 nitrogen and oxygen atoms in total. The van der Waals surface area contributed by atoms with Crippen molar-refractivity contribution in [3.8, 4) is 0 Å². The van der Waals surface area contributed by atoms with Gasteiger partial charge in [0, 0.05) is 19.1 Å². The Hall–Kier alpha value is -1.07. The second kappa shape index (κ2) is 8.15. The van der Waals surface area contributed by atoms with Crippen molar-refractivity contribution in [2.75, 3.05) is 19.6 Å². The van der Waals surface area contributed by atoms with Crippen LogP contribution in [0.5, 0.6) is 0 Å². The summed E-state index contributed by atoms with van der Waals surface area (Å²) in [7, 11) is 0. The molecule has 130 valence electrons. The molecule has 0 aromatic heterocycles. The smallest absolute Gasteiger partial charge is 0.306 e. The van der Waals surface area contributed by atoms with Crippen LogP contribution in [0.1, 0.15) is 37.3 Å². The molecule has 1 aliphatic heterocycles. The molecule has 0 aliphatic carbocycles. The first kappa shape index (κ1) is 18.3. The number of nitrogens with zero attached hydrogens (tertiary/aromatic N) is 1. The summed E-state index contributed by atoms with van der Waals surface area (Å²) < 4.78 is 36.8. The van der Waals surface area contributed by atoms with Gasteiger partial charge in [0.15, 0.2) is 0 Å². The van der Waals surface area contributed by atoms with E-state index in [1.54, 1.807) is 0 Å². The van der Waals surface area contributed by atoms with Gasteiger partial charge >= 0.3 is 6.18 Å². The average Bonchev–Trinajstić information content (AvgIpc) is 2.45. The van der Waals surface area contributed by atoms with Crippen molar-refractivity contribution in [1.82, 2.24) is 10.2 Å². The highest BCUT2D eigenvalue weighted by Crippen LogP contribution is 2.23. The summed E-state index contributed by atoms with van der Waals surface area (Å²) in [6, 6.07) is 8.42. The molecule has 0 spiro atoms. The highest BCUT2D eigenvalue weighted by atomic mass is 19.4. The summed E-state index contributed by atoms with van der Waals surface area (Å²) in [4.78, 5) is 2.43. The van der Waals surface area contributed by atoms with Gasteiger partial charge in [-0.05, 0) is 51.1 Å². The molecule has 1 N–H and O–H groups in total. The fourth-order valence-corrected chi connectivity index (χ4v) is 3.43. The molecular weight excluding hydrogens is 301 g/mol. The van der Waals surface area contributed by atoms with E-state index in [9.17, 15) is 13.2 Å². The van der Waals surface area contributed by atoms with Crippen LogP contribution in [0, 0.1) is 12.8 Å². The molecular formula is C18H27F3N2. The second-order valence-corrected chi connectivity index (χ2v) is 6.87. The maximum Gasteiger partial charge on any atom is 0.401 e. The van der Waals surface area contributed by atoms with Crippen molar-refractivity contribution in [1.29, 1.82) is 0 Å². The zero-order chi connectivity index (χ0) is 16.9. The van der Waals surface area contributed by atoms with E-state index < -0.39 is 12.7 Å². The lowest BCUT2D eigenvalue weighted by atomic mass is 9.91. The largest absolute Gasteiger partial charge is 0.401 e. The van der Waals surface area contributed by atoms with Gasteiger partial charge in [0.05, 0.1) is 6.54 Å². The zero-order valence-electron chi connectivity index (χ0n) is 14.0. The van der Waals surface area contributed by atoms with Gasteiger partial charge in [-0.2, -0.15) is 13.2 Å². The fourth-order valence-electron chi connectivity index (χ4n) is 3.43. The Bertz CT molecular complexity index is 487. The number of rotatable bonds is 6. The van der Waals surface area contributed by atoms with E-state index in [4.69, 9.17) is 0 Å². The molecule has 0 bridgehead atoms. The van der Waals surface area contributed by atoms with Gasteiger partial charge in [-0.15, -0.1) is 0 Å². The van der Waals surface area contributed by atoms with Crippen LogP contribution in [0.15, 0.2) is 24.3 Å². The van der Waals surface area contributed by atoms with Crippen molar-refractivity contribution >= 4 is 0 Å². The highest BCUT2D eigenvalue weighted by Gasteiger charge is 2.28. The summed E-state index contributed by atoms with van der Waals surface area (Å²) in [5.41, 5.74) is 2.58. The molecule has 1 aromatic carbocycles. The molecule has 23 heavy (non-hydrogen) atoms. The van der Waals surface area contributed by atoms with Crippen LogP contribution in [0.2, 0.25) is 0 Å². The topological polar surface area (TPSA) is 15.3 Å². The number of nitrogens with one attached hydrogen (secondary N) is 1. The van der Waals surface area contributed by atoms with Crippen molar-refractivity contribution in [2.45, 2.75) is 51.9 Å². The number of likely N-dealkylation sites (tertiary alicyclic amines) is 1. The Balaban J connectivity index is 1.79. The first-order valence-corrected chi connectivity index (χ1v) is 8.40. The molecule has 2 rings (SSSR count). The summed E-state index contributed by atoms with van der Waals surface area (Å²) in [5.74, 6) is 0.476. The summed E-state index contributed by atoms with van der Waals surface area (Å²) in [5, 5.41) is 2.60. The molecule has 5 heteroatoms. The van der Waals surface area contributed by atoms with E-state index >= 15 is 0 Å². The van der Waals surface area contributed by atoms with Gasteiger partial charge < -0.3 is 5.32 Å². The predicted octanol–water partition coefficient (Wildman–Crippen LogP) is 4.14. The zero-order valence-corrected chi connectivity index (χ0v) is 14.0. The minimum atomic E-state index is -4.13. The van der Waals surface area contributed by atoms with Crippen LogP contribution in [0.4, 0.5) is 13.2 Å². The number of hydrogen-bond donors (Lipinski definition) is 1. The Morgan fingerprint density at radius 1 is 1.35 bits per heavy atom. The Morgan fingerprint density at radius 3 is 2.83 bits per heavy atom. The number of hydrogen-bond acceptors (Lipinski definition) is 2. The molecule has 0 amide bonds. The summed E-state index contributed by atoms with van der Waals surface area (Å²) >= 11 is 0. The van der Waals surface area contributed by atoms with Crippen molar-refractivity contribution in [3.05, 3.63) is 35.4 Å². The lowest BCUT2D eigenvalue weighted by Crippen LogP contribution is -2.40. The highest BCUT2D eigenvalue weighted by molar-refractivity contribution is 5.22. The van der Waals surface area contributed by atoms with Gasteiger partial charge in [0.1, 0.15) is 0 Å². The first-order valence-electron chi connectivity index (χ1n) is 8.40. The van der Waals surface area contributed by atoms with Crippen LogP contribution in [0.25, 0.3) is 0 Å². The Morgan fingerprint density at radius 2 is 2.13 bits per heavy atom. The van der Waals surface area contributed by atoms with E-state index in [2.05, 4.69) is 41.4 Å². The quantitative estimate of drug-likeness (QED) is 0.844.